The monoisotopic (exact) mass is 772 g/mol. The highest BCUT2D eigenvalue weighted by atomic mass is 16.5. The van der Waals surface area contributed by atoms with Crippen LogP contribution in [0.4, 0.5) is 4.79 Å². The average Bonchev–Trinajstić information content (AvgIpc) is 4.09. The van der Waals surface area contributed by atoms with Crippen LogP contribution in [0, 0.1) is 11.8 Å². The van der Waals surface area contributed by atoms with Gasteiger partial charge in [0.05, 0.1) is 42.8 Å². The van der Waals surface area contributed by atoms with Gasteiger partial charge in [0.15, 0.2) is 0 Å². The van der Waals surface area contributed by atoms with E-state index < -0.39 is 18.2 Å². The molecule has 298 valence electrons. The maximum absolute atomic E-state index is 13.6. The van der Waals surface area contributed by atoms with Gasteiger partial charge < -0.3 is 40.3 Å². The number of aromatic amines is 2. The molecule has 3 amide bonds. The van der Waals surface area contributed by atoms with Gasteiger partial charge in [-0.2, -0.15) is 0 Å². The number of H-pyrrole nitrogens is 2. The van der Waals surface area contributed by atoms with Crippen LogP contribution in [-0.4, -0.2) is 93.1 Å². The quantitative estimate of drug-likeness (QED) is 0.121. The Morgan fingerprint density at radius 1 is 0.825 bits per heavy atom. The topological polar surface area (TPSA) is 172 Å². The minimum Gasteiger partial charge on any atom is -0.453 e. The lowest BCUT2D eigenvalue weighted by Crippen LogP contribution is -2.51. The summed E-state index contributed by atoms with van der Waals surface area (Å²) < 4.78 is 10.2. The lowest BCUT2D eigenvalue weighted by atomic mass is 9.91. The van der Waals surface area contributed by atoms with E-state index in [4.69, 9.17) is 25.2 Å². The van der Waals surface area contributed by atoms with Crippen LogP contribution in [0.3, 0.4) is 0 Å². The number of aromatic nitrogens is 4. The summed E-state index contributed by atoms with van der Waals surface area (Å²) >= 11 is 0. The molecule has 5 N–H and O–H groups in total. The van der Waals surface area contributed by atoms with Crippen molar-refractivity contribution in [2.45, 2.75) is 76.5 Å². The number of benzene rings is 3. The zero-order valence-electron chi connectivity index (χ0n) is 32.9. The van der Waals surface area contributed by atoms with Gasteiger partial charge in [-0.25, -0.2) is 14.8 Å². The molecule has 0 unspecified atom stereocenters. The van der Waals surface area contributed by atoms with Gasteiger partial charge in [-0.05, 0) is 90.0 Å². The highest BCUT2D eigenvalue weighted by Gasteiger charge is 2.39. The van der Waals surface area contributed by atoms with Crippen molar-refractivity contribution in [2.24, 2.45) is 17.6 Å². The van der Waals surface area contributed by atoms with Crippen LogP contribution in [0.5, 0.6) is 0 Å². The number of imidazole rings is 2. The second kappa shape index (κ2) is 16.5. The Morgan fingerprint density at radius 3 is 2.12 bits per heavy atom. The molecule has 2 aromatic heterocycles. The summed E-state index contributed by atoms with van der Waals surface area (Å²) in [5.74, 6) is 1.49. The number of amides is 3. The molecule has 57 heavy (non-hydrogen) atoms. The second-order valence-electron chi connectivity index (χ2n) is 15.9. The second-order valence-corrected chi connectivity index (χ2v) is 15.9. The molecule has 13 nitrogen and oxygen atoms in total. The molecule has 3 aliphatic rings. The number of hydrogen-bond donors (Lipinski definition) is 4. The van der Waals surface area contributed by atoms with E-state index in [9.17, 15) is 14.4 Å². The Hall–Kier alpha value is -5.53. The van der Waals surface area contributed by atoms with E-state index in [1.165, 1.54) is 7.11 Å². The molecule has 0 aliphatic carbocycles. The standard InChI is InChI=1S/C44H52N8O5/c1-26(2)39(50-44(55)56-3)43(54)52-19-5-7-37(52)41-46-24-34(48-41)28-10-8-27(9-11-28)30-12-13-32-23-33(15-14-31(32)22-30)35-25-47-40(49-35)36-6-4-18-51(36)42(53)38(45)29-16-20-57-21-17-29/h8-15,22-26,29,36-39H,4-7,16-21,45H2,1-3H3,(H,46,48)(H,47,49)(H,50,55)/t36-,37-,38-,39-/m0/s1. The van der Waals surface area contributed by atoms with E-state index in [1.807, 2.05) is 36.0 Å². The van der Waals surface area contributed by atoms with Crippen LogP contribution in [0.2, 0.25) is 0 Å². The summed E-state index contributed by atoms with van der Waals surface area (Å²) in [6, 6.07) is 19.8. The Labute approximate surface area is 332 Å². The molecule has 5 heterocycles. The Bertz CT molecular complexity index is 2220. The number of likely N-dealkylation sites (tertiary alicyclic amines) is 2. The first-order valence-electron chi connectivity index (χ1n) is 20.2. The summed E-state index contributed by atoms with van der Waals surface area (Å²) in [7, 11) is 1.30. The van der Waals surface area contributed by atoms with E-state index >= 15 is 0 Å². The molecule has 8 rings (SSSR count). The number of ether oxygens (including phenoxy) is 2. The van der Waals surface area contributed by atoms with Gasteiger partial charge in [0.1, 0.15) is 17.7 Å². The van der Waals surface area contributed by atoms with Crippen molar-refractivity contribution >= 4 is 28.7 Å². The van der Waals surface area contributed by atoms with Gasteiger partial charge >= 0.3 is 6.09 Å². The summed E-state index contributed by atoms with van der Waals surface area (Å²) in [4.78, 5) is 59.3. The zero-order chi connectivity index (χ0) is 39.6. The summed E-state index contributed by atoms with van der Waals surface area (Å²) in [5.41, 5.74) is 12.4. The minimum atomic E-state index is -0.679. The molecule has 3 saturated heterocycles. The van der Waals surface area contributed by atoms with Crippen molar-refractivity contribution in [1.29, 1.82) is 0 Å². The number of rotatable bonds is 10. The number of carbonyl (C=O) groups is 3. The van der Waals surface area contributed by atoms with Crippen molar-refractivity contribution in [3.8, 4) is 33.6 Å². The fraction of sp³-hybridized carbons (Fsp3) is 0.432. The number of methoxy groups -OCH3 is 1. The number of alkyl carbamates (subject to hydrolysis) is 1. The van der Waals surface area contributed by atoms with Gasteiger partial charge in [0, 0.05) is 38.1 Å². The van der Waals surface area contributed by atoms with Crippen molar-refractivity contribution in [3.05, 3.63) is 84.7 Å². The smallest absolute Gasteiger partial charge is 0.407 e. The van der Waals surface area contributed by atoms with Crippen molar-refractivity contribution in [1.82, 2.24) is 35.1 Å². The summed E-state index contributed by atoms with van der Waals surface area (Å²) in [5, 5.41) is 4.94. The van der Waals surface area contributed by atoms with Crippen LogP contribution in [0.15, 0.2) is 73.1 Å². The van der Waals surface area contributed by atoms with Gasteiger partial charge in [-0.3, -0.25) is 9.59 Å². The minimum absolute atomic E-state index is 0.0165. The lowest BCUT2D eigenvalue weighted by molar-refractivity contribution is -0.136. The van der Waals surface area contributed by atoms with Gasteiger partial charge in [-0.15, -0.1) is 0 Å². The van der Waals surface area contributed by atoms with Crippen molar-refractivity contribution < 1.29 is 23.9 Å². The third-order valence-corrected chi connectivity index (χ3v) is 12.0. The molecule has 3 aromatic carbocycles. The van der Waals surface area contributed by atoms with Crippen LogP contribution >= 0.6 is 0 Å². The third kappa shape index (κ3) is 7.91. The molecule has 5 aromatic rings. The molecule has 13 heteroatoms. The molecule has 4 atom stereocenters. The maximum atomic E-state index is 13.6. The van der Waals surface area contributed by atoms with Gasteiger partial charge in [0.2, 0.25) is 11.8 Å². The first-order chi connectivity index (χ1) is 27.7. The maximum Gasteiger partial charge on any atom is 0.407 e. The van der Waals surface area contributed by atoms with Gasteiger partial charge in [-0.1, -0.05) is 62.4 Å². The van der Waals surface area contributed by atoms with E-state index in [1.54, 1.807) is 0 Å². The number of nitrogens with zero attached hydrogens (tertiary/aromatic N) is 4. The fourth-order valence-corrected chi connectivity index (χ4v) is 8.71. The van der Waals surface area contributed by atoms with E-state index in [2.05, 4.69) is 75.9 Å². The molecule has 0 saturated carbocycles. The number of nitrogens with two attached hydrogens (primary N) is 1. The summed E-state index contributed by atoms with van der Waals surface area (Å²) in [6.45, 7) is 6.45. The van der Waals surface area contributed by atoms with Crippen molar-refractivity contribution in [3.63, 3.8) is 0 Å². The van der Waals surface area contributed by atoms with Crippen LogP contribution in [0.25, 0.3) is 44.4 Å². The number of fused-ring (bicyclic) bond motifs is 1. The molecule has 3 fully saturated rings. The van der Waals surface area contributed by atoms with E-state index in [0.717, 1.165) is 94.6 Å². The highest BCUT2D eigenvalue weighted by Crippen LogP contribution is 2.36. The molecule has 0 radical (unpaired) electrons. The Kier molecular flexibility index (Phi) is 11.1. The largest absolute Gasteiger partial charge is 0.453 e. The third-order valence-electron chi connectivity index (χ3n) is 12.0. The van der Waals surface area contributed by atoms with Crippen LogP contribution in [0.1, 0.15) is 76.1 Å². The molecule has 3 aliphatic heterocycles. The number of nitrogens with one attached hydrogen (secondary N) is 3. The Morgan fingerprint density at radius 2 is 1.44 bits per heavy atom. The number of carbonyl (C=O) groups excluding carboxylic acids is 3. The SMILES string of the molecule is COC(=O)N[C@H](C(=O)N1CCC[C@H]1c1ncc(-c2ccc(-c3ccc4cc(-c5c[nH]c([C@@H]6CCCN6C(=O)[C@@H](N)C6CCOCC6)n5)ccc4c3)cc2)[nH]1)C(C)C. The van der Waals surface area contributed by atoms with E-state index in [-0.39, 0.29) is 35.7 Å². The van der Waals surface area contributed by atoms with Crippen molar-refractivity contribution in [2.75, 3.05) is 33.4 Å². The highest BCUT2D eigenvalue weighted by molar-refractivity contribution is 5.91. The average molecular weight is 773 g/mol. The Balaban J connectivity index is 0.931. The predicted octanol–water partition coefficient (Wildman–Crippen LogP) is 6.75. The number of hydrogen-bond acceptors (Lipinski definition) is 8. The van der Waals surface area contributed by atoms with E-state index in [0.29, 0.717) is 26.3 Å². The van der Waals surface area contributed by atoms with Gasteiger partial charge in [0.25, 0.3) is 0 Å². The lowest BCUT2D eigenvalue weighted by Gasteiger charge is -2.32. The summed E-state index contributed by atoms with van der Waals surface area (Å²) in [6.07, 6.45) is 8.23. The molecular formula is C44H52N8O5. The fourth-order valence-electron chi connectivity index (χ4n) is 8.71. The van der Waals surface area contributed by atoms with Crippen LogP contribution < -0.4 is 11.1 Å². The zero-order valence-corrected chi connectivity index (χ0v) is 32.9. The molecule has 0 bridgehead atoms. The normalized spacial score (nSPS) is 19.9. The first kappa shape index (κ1) is 38.3. The predicted molar refractivity (Wildman–Crippen MR) is 218 cm³/mol. The van der Waals surface area contributed by atoms with Crippen LogP contribution in [-0.2, 0) is 19.1 Å². The molecule has 0 spiro atoms. The first-order valence-corrected chi connectivity index (χ1v) is 20.2. The molecular weight excluding hydrogens is 721 g/mol.